The van der Waals surface area contributed by atoms with Crippen molar-refractivity contribution >= 4 is 34.3 Å². The summed E-state index contributed by atoms with van der Waals surface area (Å²) in [6.45, 7) is 6.02. The number of benzene rings is 2. The zero-order valence-electron chi connectivity index (χ0n) is 22.7. The Hall–Kier alpha value is -4.94. The number of hydrogen-bond acceptors (Lipinski definition) is 7. The summed E-state index contributed by atoms with van der Waals surface area (Å²) < 4.78 is 15.4. The molecule has 0 saturated carbocycles. The summed E-state index contributed by atoms with van der Waals surface area (Å²) in [7, 11) is 0. The molecule has 0 bridgehead atoms. The smallest absolute Gasteiger partial charge is 0.338 e. The predicted molar refractivity (Wildman–Crippen MR) is 156 cm³/mol. The van der Waals surface area contributed by atoms with Gasteiger partial charge in [0, 0.05) is 29.2 Å². The maximum Gasteiger partial charge on any atom is 0.338 e. The lowest BCUT2D eigenvalue weighted by molar-refractivity contribution is -0.139. The molecule has 4 heterocycles. The minimum absolute atomic E-state index is 0.201. The van der Waals surface area contributed by atoms with Crippen LogP contribution in [0, 0.1) is 18.3 Å². The van der Waals surface area contributed by atoms with Crippen molar-refractivity contribution in [2.75, 3.05) is 6.61 Å². The van der Waals surface area contributed by atoms with Gasteiger partial charge in [0.2, 0.25) is 0 Å². The van der Waals surface area contributed by atoms with Gasteiger partial charge >= 0.3 is 5.97 Å². The Morgan fingerprint density at radius 3 is 2.68 bits per heavy atom. The number of aryl methyl sites for hydroxylation is 1. The molecule has 0 amide bonds. The molecule has 3 aromatic heterocycles. The maximum absolute atomic E-state index is 14.0. The van der Waals surface area contributed by atoms with E-state index in [0.717, 1.165) is 22.0 Å². The van der Waals surface area contributed by atoms with Crippen LogP contribution in [-0.4, -0.2) is 21.7 Å². The van der Waals surface area contributed by atoms with Crippen molar-refractivity contribution in [3.63, 3.8) is 0 Å². The van der Waals surface area contributed by atoms with Crippen LogP contribution in [0.15, 0.2) is 92.3 Å². The fourth-order valence-electron chi connectivity index (χ4n) is 5.27. The minimum Gasteiger partial charge on any atom is -0.464 e. The Balaban J connectivity index is 1.51. The zero-order chi connectivity index (χ0) is 28.7. The van der Waals surface area contributed by atoms with E-state index in [-0.39, 0.29) is 17.7 Å². The van der Waals surface area contributed by atoms with Crippen molar-refractivity contribution in [1.29, 1.82) is 5.26 Å². The molecule has 0 radical (unpaired) electrons. The molecule has 0 spiro atoms. The normalized spacial score (nSPS) is 15.1. The molecule has 0 aliphatic carbocycles. The summed E-state index contributed by atoms with van der Waals surface area (Å²) >= 11 is 1.27. The number of furan rings is 1. The molecule has 9 heteroatoms. The number of carbonyl (C=O) groups is 1. The van der Waals surface area contributed by atoms with E-state index in [2.05, 4.69) is 15.6 Å². The minimum atomic E-state index is -0.787. The predicted octanol–water partition coefficient (Wildman–Crippen LogP) is 4.57. The number of para-hydroxylation sites is 1. The Morgan fingerprint density at radius 2 is 1.93 bits per heavy atom. The van der Waals surface area contributed by atoms with Crippen LogP contribution >= 0.6 is 11.3 Å². The number of nitrogens with zero attached hydrogens (tertiary/aromatic N) is 4. The van der Waals surface area contributed by atoms with Crippen molar-refractivity contribution < 1.29 is 13.9 Å². The molecule has 0 unspecified atom stereocenters. The quantitative estimate of drug-likeness (QED) is 0.282. The van der Waals surface area contributed by atoms with E-state index in [4.69, 9.17) is 9.15 Å². The van der Waals surface area contributed by atoms with Gasteiger partial charge < -0.3 is 13.7 Å². The second-order valence-corrected chi connectivity index (χ2v) is 10.8. The number of rotatable bonds is 6. The number of carbonyl (C=O) groups excluding carboxylic acids is 1. The molecule has 1 aliphatic heterocycles. The van der Waals surface area contributed by atoms with Gasteiger partial charge in [0.1, 0.15) is 17.6 Å². The number of aromatic nitrogens is 2. The molecule has 41 heavy (non-hydrogen) atoms. The van der Waals surface area contributed by atoms with Gasteiger partial charge in [0.05, 0.1) is 34.0 Å². The van der Waals surface area contributed by atoms with Crippen LogP contribution in [0.4, 0.5) is 0 Å². The molecule has 0 saturated heterocycles. The Kier molecular flexibility index (Phi) is 6.77. The fraction of sp³-hybridized carbons (Fsp3) is 0.188. The van der Waals surface area contributed by atoms with Gasteiger partial charge in [-0.25, -0.2) is 9.79 Å². The van der Waals surface area contributed by atoms with Crippen molar-refractivity contribution in [3.8, 4) is 6.07 Å². The molecule has 5 aromatic rings. The lowest BCUT2D eigenvalue weighted by atomic mass is 10.0. The van der Waals surface area contributed by atoms with E-state index in [1.54, 1.807) is 19.9 Å². The standard InChI is InChI=1S/C32H26N4O4S/c1-4-39-31(38)28-20(3)34-32-36(29(28)26-14-13-19(2)40-26)30(37)27(41-32)15-23-18-35(25-12-8-7-11-24(23)25)17-22-10-6-5-9-21(22)16-33/h5-15,18,29H,4,17H2,1-3H3/b27-15+/t29-/m1/s1. The van der Waals surface area contributed by atoms with Gasteiger partial charge in [0.25, 0.3) is 5.56 Å². The SMILES string of the molecule is CCOC(=O)C1=C(C)N=c2s/c(=C/c3cn(Cc4ccccc4C#N)c4ccccc34)c(=O)n2[C@@H]1c1ccc(C)o1. The van der Waals surface area contributed by atoms with E-state index in [1.807, 2.05) is 73.8 Å². The first-order valence-electron chi connectivity index (χ1n) is 13.2. The number of allylic oxidation sites excluding steroid dienone is 1. The third-order valence-corrected chi connectivity index (χ3v) is 8.12. The molecular weight excluding hydrogens is 536 g/mol. The van der Waals surface area contributed by atoms with Crippen molar-refractivity contribution in [1.82, 2.24) is 9.13 Å². The van der Waals surface area contributed by atoms with Crippen LogP contribution < -0.4 is 14.9 Å². The van der Waals surface area contributed by atoms with Crippen LogP contribution in [0.25, 0.3) is 17.0 Å². The summed E-state index contributed by atoms with van der Waals surface area (Å²) in [4.78, 5) is 32.1. The molecule has 1 aliphatic rings. The van der Waals surface area contributed by atoms with E-state index in [0.29, 0.717) is 38.7 Å². The van der Waals surface area contributed by atoms with Crippen molar-refractivity contribution in [2.24, 2.45) is 4.99 Å². The molecule has 0 N–H and O–H groups in total. The summed E-state index contributed by atoms with van der Waals surface area (Å²) in [6, 6.07) is 20.6. The number of hydrogen-bond donors (Lipinski definition) is 0. The highest BCUT2D eigenvalue weighted by Gasteiger charge is 2.35. The van der Waals surface area contributed by atoms with Gasteiger partial charge in [-0.15, -0.1) is 0 Å². The van der Waals surface area contributed by atoms with Gasteiger partial charge in [-0.1, -0.05) is 47.7 Å². The van der Waals surface area contributed by atoms with Crippen LogP contribution in [0.3, 0.4) is 0 Å². The summed E-state index contributed by atoms with van der Waals surface area (Å²) in [5, 5.41) is 10.6. The second-order valence-electron chi connectivity index (χ2n) is 9.75. The molecule has 204 valence electrons. The maximum atomic E-state index is 14.0. The monoisotopic (exact) mass is 562 g/mol. The Morgan fingerprint density at radius 1 is 1.15 bits per heavy atom. The van der Waals surface area contributed by atoms with Gasteiger partial charge in [-0.2, -0.15) is 5.26 Å². The third-order valence-electron chi connectivity index (χ3n) is 7.13. The first kappa shape index (κ1) is 26.3. The van der Waals surface area contributed by atoms with E-state index in [9.17, 15) is 14.9 Å². The molecule has 1 atom stereocenters. The molecule has 0 fully saturated rings. The first-order valence-corrected chi connectivity index (χ1v) is 14.0. The molecule has 6 rings (SSSR count). The van der Waals surface area contributed by atoms with Crippen molar-refractivity contribution in [3.05, 3.63) is 126 Å². The Bertz CT molecular complexity index is 2080. The first-order chi connectivity index (χ1) is 19.9. The van der Waals surface area contributed by atoms with Crippen molar-refractivity contribution in [2.45, 2.75) is 33.4 Å². The topological polar surface area (TPSA) is 103 Å². The highest BCUT2D eigenvalue weighted by atomic mass is 32.1. The third kappa shape index (κ3) is 4.62. The Labute approximate surface area is 239 Å². The van der Waals surface area contributed by atoms with Gasteiger partial charge in [-0.3, -0.25) is 9.36 Å². The number of fused-ring (bicyclic) bond motifs is 2. The van der Waals surface area contributed by atoms with E-state index < -0.39 is 12.0 Å². The van der Waals surface area contributed by atoms with Gasteiger partial charge in [0.15, 0.2) is 4.80 Å². The lowest BCUT2D eigenvalue weighted by Gasteiger charge is -2.22. The highest BCUT2D eigenvalue weighted by molar-refractivity contribution is 7.07. The average molecular weight is 563 g/mol. The van der Waals surface area contributed by atoms with Crippen LogP contribution in [0.1, 0.15) is 48.1 Å². The molecular formula is C32H26N4O4S. The number of esters is 1. The zero-order valence-corrected chi connectivity index (χ0v) is 23.6. The van der Waals surface area contributed by atoms with E-state index in [1.165, 1.54) is 15.9 Å². The highest BCUT2D eigenvalue weighted by Crippen LogP contribution is 2.32. The van der Waals surface area contributed by atoms with Gasteiger partial charge in [-0.05, 0) is 56.7 Å². The number of ether oxygens (including phenoxy) is 1. The second kappa shape index (κ2) is 10.6. The van der Waals surface area contributed by atoms with Crippen LogP contribution in [0.5, 0.6) is 0 Å². The summed E-state index contributed by atoms with van der Waals surface area (Å²) in [6.07, 6.45) is 3.87. The molecule has 8 nitrogen and oxygen atoms in total. The lowest BCUT2D eigenvalue weighted by Crippen LogP contribution is -2.39. The summed E-state index contributed by atoms with van der Waals surface area (Å²) in [5.74, 6) is 0.619. The number of nitriles is 1. The largest absolute Gasteiger partial charge is 0.464 e. The number of thiazole rings is 1. The average Bonchev–Trinajstić information content (AvgIpc) is 3.64. The summed E-state index contributed by atoms with van der Waals surface area (Å²) in [5.41, 5.74) is 3.90. The molecule has 2 aromatic carbocycles. The van der Waals surface area contributed by atoms with Crippen LogP contribution in [0.2, 0.25) is 0 Å². The van der Waals surface area contributed by atoms with E-state index >= 15 is 0 Å². The fourth-order valence-corrected chi connectivity index (χ4v) is 6.31. The van der Waals surface area contributed by atoms with Crippen LogP contribution in [-0.2, 0) is 16.1 Å².